The summed E-state index contributed by atoms with van der Waals surface area (Å²) in [5.41, 5.74) is 3.08. The van der Waals surface area contributed by atoms with Gasteiger partial charge in [-0.3, -0.25) is 4.79 Å². The molecule has 0 aliphatic carbocycles. The van der Waals surface area contributed by atoms with E-state index < -0.39 is 34.4 Å². The highest BCUT2D eigenvalue weighted by atomic mass is 35.5. The highest BCUT2D eigenvalue weighted by Gasteiger charge is 2.26. The van der Waals surface area contributed by atoms with Crippen LogP contribution in [-0.2, 0) is 0 Å². The second-order valence-electron chi connectivity index (χ2n) is 4.45. The summed E-state index contributed by atoms with van der Waals surface area (Å²) in [6.07, 6.45) is 0. The number of hydrogen-bond donors (Lipinski definition) is 4. The number of nitrogens with two attached hydrogens (primary N) is 1. The van der Waals surface area contributed by atoms with Gasteiger partial charge in [0.2, 0.25) is 0 Å². The smallest absolute Gasteiger partial charge is 0.342 e. The topological polar surface area (TPSA) is 143 Å². The minimum Gasteiger partial charge on any atom is -0.495 e. The van der Waals surface area contributed by atoms with Crippen molar-refractivity contribution in [3.8, 4) is 16.9 Å². The largest absolute Gasteiger partial charge is 0.495 e. The molecule has 0 saturated carbocycles. The van der Waals surface area contributed by atoms with Crippen LogP contribution in [0.3, 0.4) is 0 Å². The SMILES string of the molecule is COc1cc(-c2c(C(=O)O)c(N)[nH]c(=O)c2C(=O)O)ccc1Cl. The summed E-state index contributed by atoms with van der Waals surface area (Å²) >= 11 is 5.90. The number of hydrogen-bond acceptors (Lipinski definition) is 5. The lowest BCUT2D eigenvalue weighted by atomic mass is 9.95. The first-order chi connectivity index (χ1) is 10.8. The number of nitrogens with one attached hydrogen (secondary N) is 1. The predicted octanol–water partition coefficient (Wildman–Crippen LogP) is 1.68. The van der Waals surface area contributed by atoms with Gasteiger partial charge in [0.15, 0.2) is 0 Å². The van der Waals surface area contributed by atoms with E-state index in [0.717, 1.165) is 0 Å². The summed E-state index contributed by atoms with van der Waals surface area (Å²) in [6, 6.07) is 4.09. The van der Waals surface area contributed by atoms with E-state index in [2.05, 4.69) is 0 Å². The number of carboxylic acid groups (broad SMARTS) is 2. The first-order valence-electron chi connectivity index (χ1n) is 6.14. The fourth-order valence-corrected chi connectivity index (χ4v) is 2.35. The van der Waals surface area contributed by atoms with E-state index in [1.807, 2.05) is 4.98 Å². The van der Waals surface area contributed by atoms with E-state index in [9.17, 15) is 24.6 Å². The standard InChI is InChI=1S/C14H11ClN2O6/c1-23-7-4-5(2-3-6(7)15)8-9(13(19)20)11(16)17-12(18)10(8)14(21)22/h2-4H,1H3,(H,19,20)(H,21,22)(H3,16,17,18). The van der Waals surface area contributed by atoms with Crippen molar-refractivity contribution in [1.82, 2.24) is 4.98 Å². The summed E-state index contributed by atoms with van der Waals surface area (Å²) < 4.78 is 5.02. The van der Waals surface area contributed by atoms with Gasteiger partial charge in [-0.2, -0.15) is 0 Å². The van der Waals surface area contributed by atoms with Crippen molar-refractivity contribution in [1.29, 1.82) is 0 Å². The minimum absolute atomic E-state index is 0.124. The number of ether oxygens (including phenoxy) is 1. The Morgan fingerprint density at radius 2 is 1.83 bits per heavy atom. The maximum atomic E-state index is 11.9. The van der Waals surface area contributed by atoms with Gasteiger partial charge in [-0.25, -0.2) is 9.59 Å². The third-order valence-corrected chi connectivity index (χ3v) is 3.42. The molecule has 0 bridgehead atoms. The fraction of sp³-hybridized carbons (Fsp3) is 0.0714. The average molecular weight is 339 g/mol. The van der Waals surface area contributed by atoms with Crippen LogP contribution in [0.1, 0.15) is 20.7 Å². The van der Waals surface area contributed by atoms with Crippen molar-refractivity contribution in [3.05, 3.63) is 44.7 Å². The zero-order valence-electron chi connectivity index (χ0n) is 11.7. The Morgan fingerprint density at radius 3 is 2.35 bits per heavy atom. The predicted molar refractivity (Wildman–Crippen MR) is 82.4 cm³/mol. The number of aromatic nitrogens is 1. The van der Waals surface area contributed by atoms with Gasteiger partial charge in [-0.05, 0) is 17.7 Å². The molecule has 120 valence electrons. The van der Waals surface area contributed by atoms with Crippen molar-refractivity contribution >= 4 is 29.4 Å². The van der Waals surface area contributed by atoms with E-state index in [-0.39, 0.29) is 21.9 Å². The lowest BCUT2D eigenvalue weighted by Gasteiger charge is -2.13. The Kier molecular flexibility index (Phi) is 4.28. The van der Waals surface area contributed by atoms with Crippen LogP contribution in [0.25, 0.3) is 11.1 Å². The number of aromatic carboxylic acids is 2. The lowest BCUT2D eigenvalue weighted by Crippen LogP contribution is -2.24. The maximum Gasteiger partial charge on any atom is 0.342 e. The van der Waals surface area contributed by atoms with Gasteiger partial charge in [0.25, 0.3) is 5.56 Å². The third kappa shape index (κ3) is 2.84. The minimum atomic E-state index is -1.59. The molecule has 1 heterocycles. The Balaban J connectivity index is 2.96. The zero-order valence-corrected chi connectivity index (χ0v) is 12.5. The van der Waals surface area contributed by atoms with E-state index in [1.54, 1.807) is 0 Å². The molecular weight excluding hydrogens is 328 g/mol. The number of anilines is 1. The van der Waals surface area contributed by atoms with Gasteiger partial charge < -0.3 is 25.7 Å². The molecule has 2 rings (SSSR count). The number of benzene rings is 1. The van der Waals surface area contributed by atoms with E-state index >= 15 is 0 Å². The summed E-state index contributed by atoms with van der Waals surface area (Å²) in [5.74, 6) is -3.32. The average Bonchev–Trinajstić information content (AvgIpc) is 2.45. The summed E-state index contributed by atoms with van der Waals surface area (Å²) in [7, 11) is 1.34. The molecule has 0 saturated heterocycles. The van der Waals surface area contributed by atoms with Gasteiger partial charge in [0.05, 0.1) is 12.1 Å². The van der Waals surface area contributed by atoms with Crippen LogP contribution in [0.15, 0.2) is 23.0 Å². The van der Waals surface area contributed by atoms with Gasteiger partial charge in [0, 0.05) is 5.56 Å². The molecule has 0 fully saturated rings. The highest BCUT2D eigenvalue weighted by Crippen LogP contribution is 2.34. The Labute approximate surface area is 134 Å². The Morgan fingerprint density at radius 1 is 1.22 bits per heavy atom. The molecule has 0 aliphatic heterocycles. The van der Waals surface area contributed by atoms with Crippen LogP contribution >= 0.6 is 11.6 Å². The zero-order chi connectivity index (χ0) is 17.3. The molecule has 0 spiro atoms. The normalized spacial score (nSPS) is 10.3. The molecule has 0 radical (unpaired) electrons. The number of methoxy groups -OCH3 is 1. The van der Waals surface area contributed by atoms with E-state index in [1.165, 1.54) is 25.3 Å². The molecule has 0 atom stereocenters. The number of halogens is 1. The van der Waals surface area contributed by atoms with Crippen molar-refractivity contribution in [2.45, 2.75) is 0 Å². The van der Waals surface area contributed by atoms with E-state index in [0.29, 0.717) is 0 Å². The van der Waals surface area contributed by atoms with Crippen LogP contribution in [0.5, 0.6) is 5.75 Å². The molecule has 1 aromatic heterocycles. The maximum absolute atomic E-state index is 11.9. The van der Waals surface area contributed by atoms with Crippen LogP contribution in [0, 0.1) is 0 Å². The number of H-pyrrole nitrogens is 1. The van der Waals surface area contributed by atoms with Gasteiger partial charge in [-0.15, -0.1) is 0 Å². The fourth-order valence-electron chi connectivity index (χ4n) is 2.15. The van der Waals surface area contributed by atoms with Crippen molar-refractivity contribution in [2.24, 2.45) is 0 Å². The molecule has 2 aromatic rings. The Bertz CT molecular complexity index is 874. The number of carboxylic acids is 2. The summed E-state index contributed by atoms with van der Waals surface area (Å²) in [5, 5.41) is 18.8. The Hall–Kier alpha value is -3.00. The number of carbonyl (C=O) groups is 2. The van der Waals surface area contributed by atoms with E-state index in [4.69, 9.17) is 22.1 Å². The molecule has 23 heavy (non-hydrogen) atoms. The van der Waals surface area contributed by atoms with Crippen LogP contribution < -0.4 is 16.0 Å². The number of nitrogen functional groups attached to an aromatic ring is 1. The molecule has 0 unspecified atom stereocenters. The van der Waals surface area contributed by atoms with Crippen molar-refractivity contribution in [2.75, 3.05) is 12.8 Å². The molecule has 0 aliphatic rings. The second-order valence-corrected chi connectivity index (χ2v) is 4.86. The van der Waals surface area contributed by atoms with Gasteiger partial charge in [-0.1, -0.05) is 17.7 Å². The molecular formula is C14H11ClN2O6. The molecule has 0 amide bonds. The summed E-state index contributed by atoms with van der Waals surface area (Å²) in [4.78, 5) is 36.8. The van der Waals surface area contributed by atoms with Crippen molar-refractivity contribution in [3.63, 3.8) is 0 Å². The molecule has 5 N–H and O–H groups in total. The first kappa shape index (κ1) is 16.4. The highest BCUT2D eigenvalue weighted by molar-refractivity contribution is 6.32. The van der Waals surface area contributed by atoms with Crippen LogP contribution in [0.2, 0.25) is 5.02 Å². The van der Waals surface area contributed by atoms with Crippen molar-refractivity contribution < 1.29 is 24.5 Å². The second kappa shape index (κ2) is 6.01. The third-order valence-electron chi connectivity index (χ3n) is 3.11. The van der Waals surface area contributed by atoms with Crippen LogP contribution in [-0.4, -0.2) is 34.2 Å². The lowest BCUT2D eigenvalue weighted by molar-refractivity contribution is 0.0695. The number of aromatic amines is 1. The molecule has 1 aromatic carbocycles. The quantitative estimate of drug-likeness (QED) is 0.664. The van der Waals surface area contributed by atoms with Gasteiger partial charge >= 0.3 is 11.9 Å². The monoisotopic (exact) mass is 338 g/mol. The molecule has 8 nitrogen and oxygen atoms in total. The molecule has 9 heteroatoms. The summed E-state index contributed by atoms with van der Waals surface area (Å²) in [6.45, 7) is 0. The number of rotatable bonds is 4. The number of pyridine rings is 1. The first-order valence-corrected chi connectivity index (χ1v) is 6.52. The van der Waals surface area contributed by atoms with Crippen LogP contribution in [0.4, 0.5) is 5.82 Å². The van der Waals surface area contributed by atoms with Gasteiger partial charge in [0.1, 0.15) is 22.7 Å².